The Morgan fingerprint density at radius 2 is 2.18 bits per heavy atom. The molecule has 1 atom stereocenters. The number of nitrogens with zero attached hydrogens (tertiary/aromatic N) is 1. The fraction of sp³-hybridized carbons (Fsp3) is 0.421. The van der Waals surface area contributed by atoms with Gasteiger partial charge in [-0.2, -0.15) is 0 Å². The maximum atomic E-state index is 5.06. The molecule has 0 amide bonds. The third-order valence-corrected chi connectivity index (χ3v) is 4.52. The summed E-state index contributed by atoms with van der Waals surface area (Å²) in [4.78, 5) is 4.99. The number of hydrogen-bond acceptors (Lipinski definition) is 2. The van der Waals surface area contributed by atoms with Crippen molar-refractivity contribution in [3.63, 3.8) is 0 Å². The fourth-order valence-electron chi connectivity index (χ4n) is 2.76. The highest BCUT2D eigenvalue weighted by atomic mass is 79.9. The van der Waals surface area contributed by atoms with Crippen molar-refractivity contribution < 1.29 is 4.74 Å². The molecule has 1 aromatic rings. The molecule has 0 aromatic heterocycles. The second kappa shape index (κ2) is 9.06. The summed E-state index contributed by atoms with van der Waals surface area (Å²) in [5.74, 6) is 0. The van der Waals surface area contributed by atoms with E-state index in [2.05, 4.69) is 59.3 Å². The number of hydrogen-bond donors (Lipinski definition) is 0. The summed E-state index contributed by atoms with van der Waals surface area (Å²) in [6, 6.07) is 8.68. The van der Waals surface area contributed by atoms with Gasteiger partial charge < -0.3 is 4.74 Å². The Morgan fingerprint density at radius 1 is 1.36 bits per heavy atom. The lowest BCUT2D eigenvalue weighted by Crippen LogP contribution is -2.04. The van der Waals surface area contributed by atoms with E-state index in [0.717, 1.165) is 30.2 Å². The second-order valence-corrected chi connectivity index (χ2v) is 6.28. The lowest BCUT2D eigenvalue weighted by atomic mass is 9.99. The molecule has 0 N–H and O–H groups in total. The number of methoxy groups -OCH3 is 1. The SMILES string of the molecule is CC/C=C(\C/C=C\COC)C1CCC(c2ccccc2Br)=N1. The molecule has 0 saturated heterocycles. The Labute approximate surface area is 142 Å². The van der Waals surface area contributed by atoms with Gasteiger partial charge in [-0.3, -0.25) is 4.99 Å². The fourth-order valence-corrected chi connectivity index (χ4v) is 3.27. The molecule has 0 spiro atoms. The molecule has 2 nitrogen and oxygen atoms in total. The molecule has 1 unspecified atom stereocenters. The third-order valence-electron chi connectivity index (χ3n) is 3.83. The quantitative estimate of drug-likeness (QED) is 0.601. The highest BCUT2D eigenvalue weighted by Crippen LogP contribution is 2.28. The molecule has 0 saturated carbocycles. The zero-order chi connectivity index (χ0) is 15.8. The van der Waals surface area contributed by atoms with Crippen LogP contribution in [0.2, 0.25) is 0 Å². The Bertz CT molecular complexity index is 575. The van der Waals surface area contributed by atoms with Crippen LogP contribution in [0.4, 0.5) is 0 Å². The highest BCUT2D eigenvalue weighted by Gasteiger charge is 2.22. The summed E-state index contributed by atoms with van der Waals surface area (Å²) in [6.07, 6.45) is 10.8. The average molecular weight is 362 g/mol. The molecular weight excluding hydrogens is 338 g/mol. The zero-order valence-corrected chi connectivity index (χ0v) is 15.0. The van der Waals surface area contributed by atoms with Gasteiger partial charge in [0.15, 0.2) is 0 Å². The average Bonchev–Trinajstić information content (AvgIpc) is 3.00. The number of allylic oxidation sites excluding steroid dienone is 2. The van der Waals surface area contributed by atoms with Gasteiger partial charge in [-0.15, -0.1) is 0 Å². The Balaban J connectivity index is 2.11. The van der Waals surface area contributed by atoms with Gasteiger partial charge in [0, 0.05) is 22.9 Å². The molecule has 1 aliphatic rings. The number of halogens is 1. The molecule has 0 aliphatic carbocycles. The van der Waals surface area contributed by atoms with Gasteiger partial charge in [0.05, 0.1) is 12.6 Å². The lowest BCUT2D eigenvalue weighted by Gasteiger charge is -2.10. The van der Waals surface area contributed by atoms with Crippen LogP contribution in [0.15, 0.2) is 57.5 Å². The maximum Gasteiger partial charge on any atom is 0.0719 e. The Kier molecular flexibility index (Phi) is 7.07. The first-order valence-corrected chi connectivity index (χ1v) is 8.70. The normalized spacial score (nSPS) is 19.0. The minimum Gasteiger partial charge on any atom is -0.381 e. The van der Waals surface area contributed by atoms with Crippen molar-refractivity contribution in [2.75, 3.05) is 13.7 Å². The third kappa shape index (κ3) is 4.65. The molecule has 22 heavy (non-hydrogen) atoms. The van der Waals surface area contributed by atoms with E-state index < -0.39 is 0 Å². The summed E-state index contributed by atoms with van der Waals surface area (Å²) in [5, 5.41) is 0. The van der Waals surface area contributed by atoms with Crippen molar-refractivity contribution in [3.05, 3.63) is 58.1 Å². The molecule has 2 rings (SSSR count). The molecule has 1 aliphatic heterocycles. The molecule has 1 aromatic carbocycles. The molecule has 0 fully saturated rings. The van der Waals surface area contributed by atoms with Crippen LogP contribution in [-0.4, -0.2) is 25.5 Å². The van der Waals surface area contributed by atoms with Crippen molar-refractivity contribution in [3.8, 4) is 0 Å². The van der Waals surface area contributed by atoms with Crippen molar-refractivity contribution in [1.29, 1.82) is 0 Å². The zero-order valence-electron chi connectivity index (χ0n) is 13.4. The topological polar surface area (TPSA) is 21.6 Å². The van der Waals surface area contributed by atoms with Crippen LogP contribution in [0.3, 0.4) is 0 Å². The number of ether oxygens (including phenoxy) is 1. The van der Waals surface area contributed by atoms with E-state index in [9.17, 15) is 0 Å². The number of aliphatic imine (C=N–C) groups is 1. The van der Waals surface area contributed by atoms with Gasteiger partial charge in [0.25, 0.3) is 0 Å². The number of benzene rings is 1. The molecular formula is C19H24BrNO. The standard InChI is InChI=1S/C19H24BrNO/c1-3-8-15(9-6-7-14-22-2)18-12-13-19(21-18)16-10-4-5-11-17(16)20/h4-8,10-11,18H,3,9,12-14H2,1-2H3/b7-6-,15-8+. The van der Waals surface area contributed by atoms with Gasteiger partial charge >= 0.3 is 0 Å². The first kappa shape index (κ1) is 17.2. The predicted octanol–water partition coefficient (Wildman–Crippen LogP) is 5.33. The molecule has 1 heterocycles. The van der Waals surface area contributed by atoms with Gasteiger partial charge in [0.1, 0.15) is 0 Å². The van der Waals surface area contributed by atoms with Crippen LogP contribution in [0, 0.1) is 0 Å². The predicted molar refractivity (Wildman–Crippen MR) is 97.7 cm³/mol. The molecule has 0 radical (unpaired) electrons. The summed E-state index contributed by atoms with van der Waals surface area (Å²) < 4.78 is 6.19. The van der Waals surface area contributed by atoms with E-state index in [0.29, 0.717) is 12.6 Å². The Hall–Kier alpha value is -1.19. The van der Waals surface area contributed by atoms with E-state index >= 15 is 0 Å². The largest absolute Gasteiger partial charge is 0.381 e. The lowest BCUT2D eigenvalue weighted by molar-refractivity contribution is 0.233. The van der Waals surface area contributed by atoms with Crippen LogP contribution in [-0.2, 0) is 4.74 Å². The summed E-state index contributed by atoms with van der Waals surface area (Å²) in [6.45, 7) is 2.86. The van der Waals surface area contributed by atoms with Crippen LogP contribution >= 0.6 is 15.9 Å². The van der Waals surface area contributed by atoms with Gasteiger partial charge in [-0.1, -0.05) is 59.3 Å². The summed E-state index contributed by atoms with van der Waals surface area (Å²) in [7, 11) is 1.72. The van der Waals surface area contributed by atoms with Gasteiger partial charge in [0.2, 0.25) is 0 Å². The van der Waals surface area contributed by atoms with Crippen LogP contribution in [0.25, 0.3) is 0 Å². The smallest absolute Gasteiger partial charge is 0.0719 e. The van der Waals surface area contributed by atoms with E-state index in [-0.39, 0.29) is 0 Å². The monoisotopic (exact) mass is 361 g/mol. The highest BCUT2D eigenvalue weighted by molar-refractivity contribution is 9.10. The Morgan fingerprint density at radius 3 is 2.91 bits per heavy atom. The second-order valence-electron chi connectivity index (χ2n) is 5.43. The van der Waals surface area contributed by atoms with Crippen LogP contribution in [0.1, 0.15) is 38.2 Å². The molecule has 118 valence electrons. The first-order chi connectivity index (χ1) is 10.8. The van der Waals surface area contributed by atoms with Gasteiger partial charge in [-0.05, 0) is 37.3 Å². The molecule has 0 bridgehead atoms. The van der Waals surface area contributed by atoms with Gasteiger partial charge in [-0.25, -0.2) is 0 Å². The van der Waals surface area contributed by atoms with E-state index in [1.165, 1.54) is 16.8 Å². The van der Waals surface area contributed by atoms with E-state index in [4.69, 9.17) is 9.73 Å². The first-order valence-electron chi connectivity index (χ1n) is 7.90. The molecule has 3 heteroatoms. The minimum atomic E-state index is 0.328. The van der Waals surface area contributed by atoms with E-state index in [1.54, 1.807) is 7.11 Å². The van der Waals surface area contributed by atoms with Crippen molar-refractivity contribution in [1.82, 2.24) is 0 Å². The van der Waals surface area contributed by atoms with Crippen LogP contribution < -0.4 is 0 Å². The minimum absolute atomic E-state index is 0.328. The number of rotatable bonds is 7. The summed E-state index contributed by atoms with van der Waals surface area (Å²) in [5.41, 5.74) is 3.88. The van der Waals surface area contributed by atoms with Crippen molar-refractivity contribution >= 4 is 21.6 Å². The van der Waals surface area contributed by atoms with Crippen molar-refractivity contribution in [2.24, 2.45) is 4.99 Å². The van der Waals surface area contributed by atoms with Crippen molar-refractivity contribution in [2.45, 2.75) is 38.6 Å². The summed E-state index contributed by atoms with van der Waals surface area (Å²) >= 11 is 3.63. The van der Waals surface area contributed by atoms with E-state index in [1.807, 2.05) is 6.07 Å². The maximum absolute atomic E-state index is 5.06. The van der Waals surface area contributed by atoms with Crippen LogP contribution in [0.5, 0.6) is 0 Å².